The number of carbonyl (C=O) groups excluding carboxylic acids is 1. The molecular weight excluding hydrogens is 298 g/mol. The minimum absolute atomic E-state index is 0.0319. The van der Waals surface area contributed by atoms with E-state index in [0.717, 1.165) is 6.07 Å². The number of carboxylic acid groups (broad SMARTS) is 1. The molecule has 1 amide bonds. The van der Waals surface area contributed by atoms with E-state index in [1.54, 1.807) is 7.05 Å². The lowest BCUT2D eigenvalue weighted by molar-refractivity contribution is 0.0696. The molecule has 1 aromatic heterocycles. The van der Waals surface area contributed by atoms with Gasteiger partial charge in [-0.25, -0.2) is 13.2 Å². The zero-order valence-corrected chi connectivity index (χ0v) is 11.5. The smallest absolute Gasteiger partial charge is 0.335 e. The van der Waals surface area contributed by atoms with Gasteiger partial charge in [-0.2, -0.15) is 9.40 Å². The number of carboxylic acids is 1. The maximum absolute atomic E-state index is 12.4. The Kier molecular flexibility index (Phi) is 2.63. The second kappa shape index (κ2) is 4.16. The number of carbonyl (C=O) groups is 2. The molecule has 8 nitrogen and oxygen atoms in total. The monoisotopic (exact) mass is 307 g/mol. The molecule has 1 aliphatic heterocycles. The molecule has 0 unspecified atom stereocenters. The third kappa shape index (κ3) is 1.82. The van der Waals surface area contributed by atoms with Crippen LogP contribution in [-0.4, -0.2) is 35.2 Å². The third-order valence-electron chi connectivity index (χ3n) is 3.07. The quantitative estimate of drug-likeness (QED) is 0.863. The number of anilines is 1. The minimum Gasteiger partial charge on any atom is -0.478 e. The van der Waals surface area contributed by atoms with E-state index in [0.29, 0.717) is 4.31 Å². The lowest BCUT2D eigenvalue weighted by atomic mass is 10.1. The van der Waals surface area contributed by atoms with Crippen molar-refractivity contribution in [3.8, 4) is 0 Å². The highest BCUT2D eigenvalue weighted by Crippen LogP contribution is 2.34. The number of sulfonamides is 1. The molecule has 2 heterocycles. The lowest BCUT2D eigenvalue weighted by Crippen LogP contribution is -2.30. The Balaban J connectivity index is 2.21. The number of amides is 1. The van der Waals surface area contributed by atoms with E-state index in [1.807, 2.05) is 0 Å². The molecule has 1 N–H and O–H groups in total. The van der Waals surface area contributed by atoms with Crippen molar-refractivity contribution in [2.75, 3.05) is 4.31 Å². The molecule has 0 bridgehead atoms. The third-order valence-corrected chi connectivity index (χ3v) is 4.80. The average Bonchev–Trinajstić information content (AvgIpc) is 2.90. The number of fused-ring (bicyclic) bond motifs is 1. The molecule has 0 atom stereocenters. The van der Waals surface area contributed by atoms with Crippen molar-refractivity contribution in [2.24, 2.45) is 7.05 Å². The van der Waals surface area contributed by atoms with Gasteiger partial charge in [0.1, 0.15) is 4.90 Å². The fraction of sp³-hybridized carbons (Fsp3) is 0.0833. The first-order valence-corrected chi connectivity index (χ1v) is 7.23. The van der Waals surface area contributed by atoms with Gasteiger partial charge in [0.05, 0.1) is 11.1 Å². The Labute approximate surface area is 119 Å². The largest absolute Gasteiger partial charge is 0.478 e. The highest BCUT2D eigenvalue weighted by molar-refractivity contribution is 7.94. The molecule has 0 aliphatic carbocycles. The second-order valence-electron chi connectivity index (χ2n) is 4.44. The zero-order chi connectivity index (χ0) is 15.4. The highest BCUT2D eigenvalue weighted by Gasteiger charge is 2.43. The first kappa shape index (κ1) is 13.3. The van der Waals surface area contributed by atoms with E-state index in [-0.39, 0.29) is 21.8 Å². The van der Waals surface area contributed by atoms with E-state index < -0.39 is 21.9 Å². The fourth-order valence-electron chi connectivity index (χ4n) is 2.10. The molecular formula is C12H9N3O5S. The molecule has 0 saturated heterocycles. The number of aromatic nitrogens is 2. The molecule has 1 aromatic carbocycles. The lowest BCUT2D eigenvalue weighted by Gasteiger charge is -2.11. The summed E-state index contributed by atoms with van der Waals surface area (Å²) >= 11 is 0. The van der Waals surface area contributed by atoms with E-state index in [2.05, 4.69) is 5.10 Å². The molecule has 21 heavy (non-hydrogen) atoms. The Morgan fingerprint density at radius 3 is 2.57 bits per heavy atom. The molecule has 108 valence electrons. The van der Waals surface area contributed by atoms with Crippen LogP contribution in [0.25, 0.3) is 0 Å². The number of benzene rings is 1. The van der Waals surface area contributed by atoms with Crippen molar-refractivity contribution in [1.29, 1.82) is 0 Å². The van der Waals surface area contributed by atoms with Crippen molar-refractivity contribution in [1.82, 2.24) is 9.78 Å². The molecule has 0 spiro atoms. The summed E-state index contributed by atoms with van der Waals surface area (Å²) in [5.74, 6) is -2.05. The van der Waals surface area contributed by atoms with Gasteiger partial charge in [0.2, 0.25) is 0 Å². The first-order valence-electron chi connectivity index (χ1n) is 5.79. The molecule has 3 rings (SSSR count). The van der Waals surface area contributed by atoms with Crippen LogP contribution >= 0.6 is 0 Å². The van der Waals surface area contributed by atoms with Crippen LogP contribution in [-0.2, 0) is 17.1 Å². The van der Waals surface area contributed by atoms with Gasteiger partial charge < -0.3 is 5.11 Å². The summed E-state index contributed by atoms with van der Waals surface area (Å²) in [5, 5.41) is 12.8. The van der Waals surface area contributed by atoms with Crippen molar-refractivity contribution in [3.05, 3.63) is 41.6 Å². The number of hydrogen-bond acceptors (Lipinski definition) is 5. The summed E-state index contributed by atoms with van der Waals surface area (Å²) in [6.45, 7) is 0. The maximum Gasteiger partial charge on any atom is 0.335 e. The van der Waals surface area contributed by atoms with Crippen LogP contribution in [0.15, 0.2) is 35.4 Å². The number of aromatic carboxylic acids is 1. The highest BCUT2D eigenvalue weighted by atomic mass is 32.2. The van der Waals surface area contributed by atoms with Gasteiger partial charge in [0.15, 0.2) is 5.82 Å². The number of rotatable bonds is 2. The van der Waals surface area contributed by atoms with Gasteiger partial charge in [-0.05, 0) is 18.2 Å². The Bertz CT molecular complexity index is 884. The van der Waals surface area contributed by atoms with Gasteiger partial charge in [0, 0.05) is 19.3 Å². The Hall–Kier alpha value is -2.68. The normalized spacial score (nSPS) is 16.0. The average molecular weight is 307 g/mol. The molecule has 1 aliphatic rings. The predicted octanol–water partition coefficient (Wildman–Crippen LogP) is 0.467. The van der Waals surface area contributed by atoms with Gasteiger partial charge in [-0.3, -0.25) is 9.48 Å². The summed E-state index contributed by atoms with van der Waals surface area (Å²) in [6, 6.07) is 4.76. The fourth-order valence-corrected chi connectivity index (χ4v) is 3.67. The summed E-state index contributed by atoms with van der Waals surface area (Å²) < 4.78 is 26.8. The zero-order valence-electron chi connectivity index (χ0n) is 10.7. The van der Waals surface area contributed by atoms with E-state index in [9.17, 15) is 18.0 Å². The number of nitrogens with zero attached hydrogens (tertiary/aromatic N) is 3. The Morgan fingerprint density at radius 1 is 1.29 bits per heavy atom. The van der Waals surface area contributed by atoms with E-state index in [1.165, 1.54) is 29.1 Å². The minimum atomic E-state index is -4.15. The van der Waals surface area contributed by atoms with Gasteiger partial charge in [0.25, 0.3) is 15.9 Å². The van der Waals surface area contributed by atoms with Crippen LogP contribution in [0.5, 0.6) is 0 Å². The van der Waals surface area contributed by atoms with Crippen LogP contribution in [0, 0.1) is 0 Å². The number of hydrogen-bond donors (Lipinski definition) is 1. The standard InChI is InChI=1S/C12H9N3O5S/c1-14-5-4-10(13-14)15-11(16)8-3-2-7(12(17)18)6-9(8)21(15,19)20/h2-6H,1H3,(H,17,18). The topological polar surface area (TPSA) is 110 Å². The molecule has 0 saturated carbocycles. The summed E-state index contributed by atoms with van der Waals surface area (Å²) in [5.41, 5.74) is -0.265. The number of aryl methyl sites for hydroxylation is 1. The van der Waals surface area contributed by atoms with Crippen LogP contribution in [0.3, 0.4) is 0 Å². The van der Waals surface area contributed by atoms with Gasteiger partial charge in [-0.15, -0.1) is 0 Å². The maximum atomic E-state index is 12.4. The summed E-state index contributed by atoms with van der Waals surface area (Å²) in [4.78, 5) is 22.9. The van der Waals surface area contributed by atoms with Crippen molar-refractivity contribution in [3.63, 3.8) is 0 Å². The molecule has 0 radical (unpaired) electrons. The molecule has 2 aromatic rings. The van der Waals surface area contributed by atoms with Crippen molar-refractivity contribution in [2.45, 2.75) is 4.90 Å². The van der Waals surface area contributed by atoms with Crippen molar-refractivity contribution < 1.29 is 23.1 Å². The first-order chi connectivity index (χ1) is 9.82. The van der Waals surface area contributed by atoms with Crippen molar-refractivity contribution >= 4 is 27.7 Å². The van der Waals surface area contributed by atoms with Gasteiger partial charge in [-0.1, -0.05) is 0 Å². The van der Waals surface area contributed by atoms with E-state index >= 15 is 0 Å². The Morgan fingerprint density at radius 2 is 2.00 bits per heavy atom. The van der Waals surface area contributed by atoms with Crippen LogP contribution in [0.1, 0.15) is 20.7 Å². The predicted molar refractivity (Wildman–Crippen MR) is 70.6 cm³/mol. The van der Waals surface area contributed by atoms with E-state index in [4.69, 9.17) is 5.11 Å². The summed E-state index contributed by atoms with van der Waals surface area (Å²) in [6.07, 6.45) is 1.50. The van der Waals surface area contributed by atoms with Crippen LogP contribution in [0.2, 0.25) is 0 Å². The summed E-state index contributed by atoms with van der Waals surface area (Å²) in [7, 11) is -2.56. The molecule has 9 heteroatoms. The molecule has 0 fully saturated rings. The SMILES string of the molecule is Cn1ccc(N2C(=O)c3ccc(C(=O)O)cc3S2(=O)=O)n1. The van der Waals surface area contributed by atoms with Gasteiger partial charge >= 0.3 is 5.97 Å². The van der Waals surface area contributed by atoms with Crippen LogP contribution < -0.4 is 4.31 Å². The second-order valence-corrected chi connectivity index (χ2v) is 6.19. The van der Waals surface area contributed by atoms with Crippen LogP contribution in [0.4, 0.5) is 5.82 Å².